The molecule has 0 aliphatic carbocycles. The molecule has 0 bridgehead atoms. The van der Waals surface area contributed by atoms with Crippen LogP contribution in [0.2, 0.25) is 3.93 Å². The zero-order chi connectivity index (χ0) is 10.4. The van der Waals surface area contributed by atoms with Gasteiger partial charge in [0.25, 0.3) is 0 Å². The predicted octanol–water partition coefficient (Wildman–Crippen LogP) is 2.36. The summed E-state index contributed by atoms with van der Waals surface area (Å²) in [7, 11) is 2.03. The molecule has 0 aromatic heterocycles. The molecule has 75 valence electrons. The van der Waals surface area contributed by atoms with Crippen LogP contribution in [-0.4, -0.2) is 36.1 Å². The summed E-state index contributed by atoms with van der Waals surface area (Å²) in [5.74, 6) is 0.676. The van der Waals surface area contributed by atoms with E-state index in [0.717, 1.165) is 10.5 Å². The van der Waals surface area contributed by atoms with E-state index in [1.54, 1.807) is 22.5 Å². The predicted molar refractivity (Wildman–Crippen MR) is 62.9 cm³/mol. The molecule has 0 saturated carbocycles. The molecule has 1 nitrogen and oxygen atoms in total. The first kappa shape index (κ1) is 12.1. The molecular formula is C12H18NSn. The Bertz CT molecular complexity index is 246. The molecule has 1 aromatic carbocycles. The van der Waals surface area contributed by atoms with E-state index in [0.29, 0.717) is 5.92 Å². The van der Waals surface area contributed by atoms with E-state index >= 15 is 0 Å². The van der Waals surface area contributed by atoms with Crippen LogP contribution in [0.4, 0.5) is 0 Å². The van der Waals surface area contributed by atoms with Gasteiger partial charge in [0.1, 0.15) is 0 Å². The van der Waals surface area contributed by atoms with Gasteiger partial charge in [-0.05, 0) is 0 Å². The number of likely N-dealkylation sites (N-methyl/N-ethyl adjacent to an activating group) is 1. The third kappa shape index (κ3) is 4.01. The van der Waals surface area contributed by atoms with Crippen LogP contribution >= 0.6 is 0 Å². The minimum atomic E-state index is 0.676. The monoisotopic (exact) mass is 296 g/mol. The Balaban J connectivity index is 2.67. The average Bonchev–Trinajstić information content (AvgIpc) is 2.18. The van der Waals surface area contributed by atoms with Crippen molar-refractivity contribution >= 4 is 22.5 Å². The number of benzene rings is 1. The first-order valence-corrected chi connectivity index (χ1v) is 6.79. The summed E-state index contributed by atoms with van der Waals surface area (Å²) < 4.78 is 0.848. The van der Waals surface area contributed by atoms with Crippen molar-refractivity contribution in [3.63, 3.8) is 0 Å². The second-order valence-electron chi connectivity index (χ2n) is 3.80. The van der Waals surface area contributed by atoms with Crippen molar-refractivity contribution in [1.82, 2.24) is 5.32 Å². The van der Waals surface area contributed by atoms with Crippen molar-refractivity contribution in [3.05, 3.63) is 35.9 Å². The molecule has 0 heterocycles. The molecule has 0 aliphatic heterocycles. The van der Waals surface area contributed by atoms with Gasteiger partial charge in [-0.1, -0.05) is 0 Å². The summed E-state index contributed by atoms with van der Waals surface area (Å²) in [6, 6.07) is 10.8. The molecule has 1 rings (SSSR count). The van der Waals surface area contributed by atoms with Gasteiger partial charge in [0.2, 0.25) is 0 Å². The molecule has 2 heteroatoms. The quantitative estimate of drug-likeness (QED) is 0.822. The zero-order valence-electron chi connectivity index (χ0n) is 8.96. The molecule has 2 unspecified atom stereocenters. The van der Waals surface area contributed by atoms with Gasteiger partial charge >= 0.3 is 101 Å². The Kier molecular flexibility index (Phi) is 5.56. The van der Waals surface area contributed by atoms with Crippen molar-refractivity contribution in [2.24, 2.45) is 0 Å². The second-order valence-corrected chi connectivity index (χ2v) is 6.62. The van der Waals surface area contributed by atoms with Crippen LogP contribution in [0, 0.1) is 0 Å². The third-order valence-corrected chi connectivity index (χ3v) is 3.03. The van der Waals surface area contributed by atoms with Crippen LogP contribution in [-0.2, 0) is 0 Å². The van der Waals surface area contributed by atoms with Crippen molar-refractivity contribution in [2.45, 2.75) is 23.2 Å². The third-order valence-electron chi connectivity index (χ3n) is 2.36. The Morgan fingerprint density at radius 3 is 2.43 bits per heavy atom. The molecular weight excluding hydrogens is 277 g/mol. The van der Waals surface area contributed by atoms with Crippen molar-refractivity contribution in [3.8, 4) is 0 Å². The van der Waals surface area contributed by atoms with Gasteiger partial charge in [-0.15, -0.1) is 0 Å². The van der Waals surface area contributed by atoms with Crippen molar-refractivity contribution in [1.29, 1.82) is 0 Å². The van der Waals surface area contributed by atoms with E-state index in [4.69, 9.17) is 0 Å². The van der Waals surface area contributed by atoms with Crippen LogP contribution in [0.3, 0.4) is 0 Å². The first-order chi connectivity index (χ1) is 6.74. The van der Waals surface area contributed by atoms with Gasteiger partial charge in [0.05, 0.1) is 0 Å². The molecule has 0 spiro atoms. The molecule has 0 saturated heterocycles. The first-order valence-electron chi connectivity index (χ1n) is 5.14. The Morgan fingerprint density at radius 1 is 1.29 bits per heavy atom. The minimum absolute atomic E-state index is 0.676. The molecule has 14 heavy (non-hydrogen) atoms. The van der Waals surface area contributed by atoms with Crippen molar-refractivity contribution < 1.29 is 0 Å². The normalized spacial score (nSPS) is 15.1. The maximum absolute atomic E-state index is 3.28. The van der Waals surface area contributed by atoms with E-state index in [9.17, 15) is 0 Å². The maximum atomic E-state index is 3.28. The summed E-state index contributed by atoms with van der Waals surface area (Å²) in [5.41, 5.74) is 1.47. The molecule has 0 aliphatic rings. The van der Waals surface area contributed by atoms with Crippen LogP contribution in [0.1, 0.15) is 24.8 Å². The number of rotatable bonds is 5. The van der Waals surface area contributed by atoms with Crippen LogP contribution in [0.25, 0.3) is 0 Å². The van der Waals surface area contributed by atoms with Gasteiger partial charge in [-0.25, -0.2) is 0 Å². The van der Waals surface area contributed by atoms with E-state index in [1.807, 2.05) is 7.05 Å². The van der Waals surface area contributed by atoms with Crippen LogP contribution < -0.4 is 5.32 Å². The van der Waals surface area contributed by atoms with E-state index < -0.39 is 0 Å². The van der Waals surface area contributed by atoms with Gasteiger partial charge in [0, 0.05) is 0 Å². The zero-order valence-corrected chi connectivity index (χ0v) is 11.8. The SMILES string of the molecule is CNCC(C[CH](C)[Sn])c1ccccc1. The Morgan fingerprint density at radius 2 is 1.93 bits per heavy atom. The molecule has 1 aromatic rings. The summed E-state index contributed by atoms with van der Waals surface area (Å²) in [6.45, 7) is 3.41. The van der Waals surface area contributed by atoms with Gasteiger partial charge in [0.15, 0.2) is 0 Å². The molecule has 2 atom stereocenters. The topological polar surface area (TPSA) is 12.0 Å². The van der Waals surface area contributed by atoms with Gasteiger partial charge < -0.3 is 0 Å². The Hall–Kier alpha value is -0.0213. The number of hydrogen-bond donors (Lipinski definition) is 1. The van der Waals surface area contributed by atoms with Crippen molar-refractivity contribution in [2.75, 3.05) is 13.6 Å². The summed E-state index contributed by atoms with van der Waals surface area (Å²) >= 11 is 1.64. The number of hydrogen-bond acceptors (Lipinski definition) is 1. The fraction of sp³-hybridized carbons (Fsp3) is 0.500. The fourth-order valence-corrected chi connectivity index (χ4v) is 2.55. The average molecular weight is 295 g/mol. The summed E-state index contributed by atoms with van der Waals surface area (Å²) in [4.78, 5) is 0. The van der Waals surface area contributed by atoms with Crippen LogP contribution in [0.5, 0.6) is 0 Å². The summed E-state index contributed by atoms with van der Waals surface area (Å²) in [6.07, 6.45) is 1.29. The van der Waals surface area contributed by atoms with Crippen LogP contribution in [0.15, 0.2) is 30.3 Å². The van der Waals surface area contributed by atoms with E-state index in [-0.39, 0.29) is 0 Å². The van der Waals surface area contributed by atoms with Gasteiger partial charge in [-0.2, -0.15) is 0 Å². The fourth-order valence-electron chi connectivity index (χ4n) is 1.74. The molecule has 0 amide bonds. The van der Waals surface area contributed by atoms with Gasteiger partial charge in [-0.3, -0.25) is 0 Å². The summed E-state index contributed by atoms with van der Waals surface area (Å²) in [5, 5.41) is 3.28. The standard InChI is InChI=1S/C12H18N.Sn/c1-3-7-12(10-13-2)11-8-5-4-6-9-11;/h3-6,8-9,12-13H,7,10H2,1-2H3;. The Labute approximate surface area is 100 Å². The van der Waals surface area contributed by atoms with E-state index in [1.165, 1.54) is 12.0 Å². The molecule has 3 radical (unpaired) electrons. The molecule has 0 fully saturated rings. The molecule has 1 N–H and O–H groups in total. The van der Waals surface area contributed by atoms with E-state index in [2.05, 4.69) is 42.6 Å². The second kappa shape index (κ2) is 6.46. The number of nitrogens with one attached hydrogen (secondary N) is 1.